The molecule has 0 atom stereocenters. The van der Waals surface area contributed by atoms with Crippen molar-refractivity contribution in [2.75, 3.05) is 51.3 Å². The average molecular weight is 620 g/mol. The summed E-state index contributed by atoms with van der Waals surface area (Å²) in [5.41, 5.74) is 3.11. The molecule has 1 fully saturated rings. The van der Waals surface area contributed by atoms with Gasteiger partial charge in [-0.3, -0.25) is 13.9 Å². The maximum absolute atomic E-state index is 13.0. The van der Waals surface area contributed by atoms with Crippen molar-refractivity contribution in [2.45, 2.75) is 31.6 Å². The van der Waals surface area contributed by atoms with Crippen molar-refractivity contribution in [1.82, 2.24) is 25.3 Å². The first-order chi connectivity index (χ1) is 18.5. The quantitative estimate of drug-likeness (QED) is 0.301. The summed E-state index contributed by atoms with van der Waals surface area (Å²) in [6.07, 6.45) is 3.95. The van der Waals surface area contributed by atoms with E-state index in [2.05, 4.69) is 26.6 Å². The van der Waals surface area contributed by atoms with E-state index in [1.54, 1.807) is 17.8 Å². The Bertz CT molecular complexity index is 1470. The average Bonchev–Trinajstić information content (AvgIpc) is 3.66. The summed E-state index contributed by atoms with van der Waals surface area (Å²) < 4.78 is 29.9. The van der Waals surface area contributed by atoms with Gasteiger partial charge < -0.3 is 15.5 Å². The predicted octanol–water partition coefficient (Wildman–Crippen LogP) is 3.25. The van der Waals surface area contributed by atoms with Crippen LogP contribution < -0.4 is 14.9 Å². The van der Waals surface area contributed by atoms with Crippen LogP contribution in [0.25, 0.3) is 16.6 Å². The van der Waals surface area contributed by atoms with E-state index in [1.807, 2.05) is 49.3 Å². The standard InChI is InChI=1S/C27H35BrN6O4S/c1-29-27(36)26-22-16-21(18-6-7-18)24(17-23(22)31-34(26)20-10-8-19(28)9-11-20)33(39(4,37)38)14-5-13-30-25(35)12-15-32(2)3/h8-11,16-18H,5-7,12-15H2,1-4H3,(H,29,36)(H,30,35). The van der Waals surface area contributed by atoms with Gasteiger partial charge in [-0.2, -0.15) is 5.10 Å². The maximum Gasteiger partial charge on any atom is 0.270 e. The fraction of sp³-hybridized carbons (Fsp3) is 0.444. The van der Waals surface area contributed by atoms with Gasteiger partial charge in [-0.15, -0.1) is 0 Å². The van der Waals surface area contributed by atoms with Gasteiger partial charge in [-0.25, -0.2) is 13.1 Å². The van der Waals surface area contributed by atoms with Crippen LogP contribution in [-0.2, 0) is 14.8 Å². The first-order valence-electron chi connectivity index (χ1n) is 12.9. The van der Waals surface area contributed by atoms with E-state index in [0.29, 0.717) is 53.9 Å². The monoisotopic (exact) mass is 618 g/mol. The normalized spacial score (nSPS) is 13.6. The number of anilines is 1. The van der Waals surface area contributed by atoms with Gasteiger partial charge >= 0.3 is 0 Å². The number of carbonyl (C=O) groups excluding carboxylic acids is 2. The van der Waals surface area contributed by atoms with Gasteiger partial charge in [0.25, 0.3) is 5.91 Å². The van der Waals surface area contributed by atoms with Gasteiger partial charge in [-0.05, 0) is 81.2 Å². The SMILES string of the molecule is CNC(=O)c1c2cc(C3CC3)c(N(CCCNC(=O)CCN(C)C)S(C)(=O)=O)cc2nn1-c1ccc(Br)cc1. The smallest absolute Gasteiger partial charge is 0.270 e. The van der Waals surface area contributed by atoms with Crippen LogP contribution in [0.3, 0.4) is 0 Å². The minimum atomic E-state index is -3.62. The van der Waals surface area contributed by atoms with Crippen molar-refractivity contribution in [3.05, 3.63) is 52.1 Å². The van der Waals surface area contributed by atoms with E-state index in [0.717, 1.165) is 22.9 Å². The molecule has 0 bridgehead atoms. The zero-order valence-corrected chi connectivity index (χ0v) is 25.1. The van der Waals surface area contributed by atoms with Crippen LogP contribution in [0, 0.1) is 0 Å². The molecule has 1 saturated carbocycles. The number of halogens is 1. The highest BCUT2D eigenvalue weighted by molar-refractivity contribution is 9.10. The summed E-state index contributed by atoms with van der Waals surface area (Å²) in [4.78, 5) is 27.0. The Morgan fingerprint density at radius 2 is 1.82 bits per heavy atom. The van der Waals surface area contributed by atoms with Gasteiger partial charge in [0.05, 0.1) is 23.1 Å². The second-order valence-corrected chi connectivity index (χ2v) is 12.9. The highest BCUT2D eigenvalue weighted by Gasteiger charge is 2.32. The number of hydrogen-bond donors (Lipinski definition) is 2. The molecule has 0 radical (unpaired) electrons. The molecule has 2 aromatic carbocycles. The number of nitrogens with one attached hydrogen (secondary N) is 2. The summed E-state index contributed by atoms with van der Waals surface area (Å²) in [5, 5.41) is 11.0. The van der Waals surface area contributed by atoms with E-state index in [4.69, 9.17) is 5.10 Å². The lowest BCUT2D eigenvalue weighted by atomic mass is 10.0. The molecule has 39 heavy (non-hydrogen) atoms. The van der Waals surface area contributed by atoms with Gasteiger partial charge in [0.1, 0.15) is 5.69 Å². The van der Waals surface area contributed by atoms with Crippen molar-refractivity contribution in [3.63, 3.8) is 0 Å². The first kappa shape index (κ1) is 29.0. The molecule has 1 aromatic heterocycles. The Balaban J connectivity index is 1.70. The topological polar surface area (TPSA) is 117 Å². The Morgan fingerprint density at radius 1 is 1.13 bits per heavy atom. The number of benzene rings is 2. The fourth-order valence-corrected chi connectivity index (χ4v) is 5.75. The molecular weight excluding hydrogens is 584 g/mol. The van der Waals surface area contributed by atoms with Crippen LogP contribution in [0.1, 0.15) is 47.7 Å². The number of fused-ring (bicyclic) bond motifs is 1. The van der Waals surface area contributed by atoms with E-state index < -0.39 is 10.0 Å². The van der Waals surface area contributed by atoms with Gasteiger partial charge in [0.2, 0.25) is 15.9 Å². The van der Waals surface area contributed by atoms with Crippen LogP contribution in [0.4, 0.5) is 5.69 Å². The maximum atomic E-state index is 13.0. The third-order valence-electron chi connectivity index (χ3n) is 6.67. The molecule has 210 valence electrons. The van der Waals surface area contributed by atoms with Crippen molar-refractivity contribution in [3.8, 4) is 5.69 Å². The second kappa shape index (κ2) is 12.1. The van der Waals surface area contributed by atoms with Crippen LogP contribution in [0.2, 0.25) is 0 Å². The molecule has 0 unspecified atom stereocenters. The zero-order valence-electron chi connectivity index (χ0n) is 22.7. The largest absolute Gasteiger partial charge is 0.356 e. The van der Waals surface area contributed by atoms with Gasteiger partial charge in [0.15, 0.2) is 0 Å². The number of carbonyl (C=O) groups is 2. The van der Waals surface area contributed by atoms with Crippen LogP contribution in [0.5, 0.6) is 0 Å². The summed E-state index contributed by atoms with van der Waals surface area (Å²) in [6, 6.07) is 11.2. The van der Waals surface area contributed by atoms with Gasteiger partial charge in [0, 0.05) is 43.0 Å². The van der Waals surface area contributed by atoms with Crippen molar-refractivity contribution in [2.24, 2.45) is 0 Å². The van der Waals surface area contributed by atoms with E-state index in [-0.39, 0.29) is 24.3 Å². The second-order valence-electron chi connectivity index (χ2n) is 10.1. The van der Waals surface area contributed by atoms with Crippen molar-refractivity contribution >= 4 is 54.4 Å². The number of amides is 2. The molecule has 1 aliphatic rings. The number of nitrogens with zero attached hydrogens (tertiary/aromatic N) is 4. The predicted molar refractivity (Wildman–Crippen MR) is 157 cm³/mol. The zero-order chi connectivity index (χ0) is 28.3. The van der Waals surface area contributed by atoms with Crippen LogP contribution in [-0.4, -0.2) is 81.9 Å². The molecule has 0 spiro atoms. The minimum absolute atomic E-state index is 0.0603. The first-order valence-corrected chi connectivity index (χ1v) is 15.6. The van der Waals surface area contributed by atoms with Crippen molar-refractivity contribution in [1.29, 1.82) is 0 Å². The molecule has 1 aliphatic carbocycles. The lowest BCUT2D eigenvalue weighted by Crippen LogP contribution is -2.34. The third-order valence-corrected chi connectivity index (χ3v) is 8.37. The Morgan fingerprint density at radius 3 is 2.41 bits per heavy atom. The minimum Gasteiger partial charge on any atom is -0.356 e. The Labute approximate surface area is 237 Å². The number of aromatic nitrogens is 2. The highest BCUT2D eigenvalue weighted by atomic mass is 79.9. The molecule has 3 aromatic rings. The fourth-order valence-electron chi connectivity index (χ4n) is 4.51. The molecule has 10 nitrogen and oxygen atoms in total. The van der Waals surface area contributed by atoms with E-state index in [1.165, 1.54) is 10.6 Å². The van der Waals surface area contributed by atoms with Gasteiger partial charge in [-0.1, -0.05) is 15.9 Å². The third kappa shape index (κ3) is 6.98. The molecule has 2 amide bonds. The molecule has 0 aliphatic heterocycles. The molecule has 2 N–H and O–H groups in total. The molecule has 1 heterocycles. The van der Waals surface area contributed by atoms with Crippen LogP contribution >= 0.6 is 15.9 Å². The molecule has 4 rings (SSSR count). The Kier molecular flexibility index (Phi) is 8.97. The summed E-state index contributed by atoms with van der Waals surface area (Å²) >= 11 is 3.44. The summed E-state index contributed by atoms with van der Waals surface area (Å²) in [7, 11) is 1.77. The lowest BCUT2D eigenvalue weighted by molar-refractivity contribution is -0.121. The van der Waals surface area contributed by atoms with E-state index >= 15 is 0 Å². The molecule has 12 heteroatoms. The summed E-state index contributed by atoms with van der Waals surface area (Å²) in [6.45, 7) is 1.24. The molecular formula is C27H35BrN6O4S. The lowest BCUT2D eigenvalue weighted by Gasteiger charge is -2.25. The summed E-state index contributed by atoms with van der Waals surface area (Å²) in [5.74, 6) is -0.122. The number of rotatable bonds is 12. The molecule has 0 saturated heterocycles. The van der Waals surface area contributed by atoms with Crippen LogP contribution in [0.15, 0.2) is 40.9 Å². The van der Waals surface area contributed by atoms with Crippen molar-refractivity contribution < 1.29 is 18.0 Å². The Hall–Kier alpha value is -2.96. The number of hydrogen-bond acceptors (Lipinski definition) is 6. The van der Waals surface area contributed by atoms with E-state index in [9.17, 15) is 18.0 Å². The highest BCUT2D eigenvalue weighted by Crippen LogP contribution is 2.46. The number of sulfonamides is 1.